The molecule has 1 amide bonds. The van der Waals surface area contributed by atoms with Crippen LogP contribution in [-0.4, -0.2) is 25.6 Å². The van der Waals surface area contributed by atoms with E-state index < -0.39 is 0 Å². The summed E-state index contributed by atoms with van der Waals surface area (Å²) in [5.41, 5.74) is 3.54. The lowest BCUT2D eigenvalue weighted by molar-refractivity contribution is -0.118. The Hall–Kier alpha value is -3.00. The lowest BCUT2D eigenvalue weighted by Gasteiger charge is -2.19. The lowest BCUT2D eigenvalue weighted by Crippen LogP contribution is -2.21. The van der Waals surface area contributed by atoms with E-state index in [1.165, 1.54) is 18.5 Å². The molecule has 0 aromatic heterocycles. The molecule has 25 heavy (non-hydrogen) atoms. The van der Waals surface area contributed by atoms with Crippen molar-refractivity contribution in [3.8, 4) is 11.8 Å². The van der Waals surface area contributed by atoms with Crippen LogP contribution in [0.25, 0.3) is 0 Å². The molecular formula is C20H21N3O2. The number of aryl methyl sites for hydroxylation is 1. The molecule has 1 aliphatic rings. The topological polar surface area (TPSA) is 65.4 Å². The third-order valence-electron chi connectivity index (χ3n) is 4.29. The van der Waals surface area contributed by atoms with Gasteiger partial charge in [-0.3, -0.25) is 4.79 Å². The summed E-state index contributed by atoms with van der Waals surface area (Å²) in [5, 5.41) is 11.8. The van der Waals surface area contributed by atoms with E-state index in [2.05, 4.69) is 16.3 Å². The number of carbonyl (C=O) groups is 1. The van der Waals surface area contributed by atoms with Crippen LogP contribution in [0.4, 0.5) is 11.4 Å². The van der Waals surface area contributed by atoms with Crippen molar-refractivity contribution in [3.05, 3.63) is 53.6 Å². The molecule has 2 aromatic carbocycles. The highest BCUT2D eigenvalue weighted by atomic mass is 16.5. The Bertz CT molecular complexity index is 805. The van der Waals surface area contributed by atoms with Crippen molar-refractivity contribution >= 4 is 17.3 Å². The van der Waals surface area contributed by atoms with Crippen molar-refractivity contribution in [3.63, 3.8) is 0 Å². The lowest BCUT2D eigenvalue weighted by atomic mass is 10.1. The monoisotopic (exact) mass is 335 g/mol. The maximum absolute atomic E-state index is 12.1. The second kappa shape index (κ2) is 7.71. The summed E-state index contributed by atoms with van der Waals surface area (Å²) in [6, 6.07) is 14.9. The Morgan fingerprint density at radius 3 is 2.76 bits per heavy atom. The van der Waals surface area contributed by atoms with E-state index in [0.717, 1.165) is 24.3 Å². The minimum absolute atomic E-state index is 0.0950. The van der Waals surface area contributed by atoms with Crippen LogP contribution in [0.5, 0.6) is 5.75 Å². The number of anilines is 2. The van der Waals surface area contributed by atoms with Crippen LogP contribution in [0.3, 0.4) is 0 Å². The first-order valence-corrected chi connectivity index (χ1v) is 8.44. The normalized spacial score (nSPS) is 13.4. The number of hydrogen-bond acceptors (Lipinski definition) is 4. The van der Waals surface area contributed by atoms with E-state index >= 15 is 0 Å². The molecule has 1 heterocycles. The molecule has 0 atom stereocenters. The van der Waals surface area contributed by atoms with Crippen LogP contribution in [0.2, 0.25) is 0 Å². The molecule has 1 N–H and O–H groups in total. The van der Waals surface area contributed by atoms with Gasteiger partial charge in [0.05, 0.1) is 11.6 Å². The smallest absolute Gasteiger partial charge is 0.262 e. The van der Waals surface area contributed by atoms with Gasteiger partial charge in [0, 0.05) is 24.5 Å². The standard InChI is InChI=1S/C20H21N3O2/c1-15-11-17(23-9-2-3-10-23)7-8-19(15)22-20(24)14-25-18-6-4-5-16(12-18)13-21/h4-8,11-12H,2-3,9-10,14H2,1H3,(H,22,24). The van der Waals surface area contributed by atoms with E-state index in [-0.39, 0.29) is 12.5 Å². The van der Waals surface area contributed by atoms with Gasteiger partial charge in [0.25, 0.3) is 5.91 Å². The van der Waals surface area contributed by atoms with Crippen LogP contribution < -0.4 is 15.0 Å². The van der Waals surface area contributed by atoms with Crippen LogP contribution >= 0.6 is 0 Å². The zero-order chi connectivity index (χ0) is 17.6. The summed E-state index contributed by atoms with van der Waals surface area (Å²) in [6.45, 7) is 4.09. The fourth-order valence-corrected chi connectivity index (χ4v) is 2.95. The van der Waals surface area contributed by atoms with Gasteiger partial charge in [-0.25, -0.2) is 0 Å². The van der Waals surface area contributed by atoms with Gasteiger partial charge >= 0.3 is 0 Å². The first-order valence-electron chi connectivity index (χ1n) is 8.44. The zero-order valence-corrected chi connectivity index (χ0v) is 14.3. The Kier molecular flexibility index (Phi) is 5.20. The fourth-order valence-electron chi connectivity index (χ4n) is 2.95. The molecule has 1 aliphatic heterocycles. The molecule has 1 saturated heterocycles. The number of rotatable bonds is 5. The van der Waals surface area contributed by atoms with Crippen molar-refractivity contribution < 1.29 is 9.53 Å². The summed E-state index contributed by atoms with van der Waals surface area (Å²) >= 11 is 0. The van der Waals surface area contributed by atoms with Crippen molar-refractivity contribution in [2.75, 3.05) is 29.9 Å². The maximum Gasteiger partial charge on any atom is 0.262 e. The van der Waals surface area contributed by atoms with Crippen LogP contribution in [0.15, 0.2) is 42.5 Å². The minimum atomic E-state index is -0.223. The highest BCUT2D eigenvalue weighted by molar-refractivity contribution is 5.92. The van der Waals surface area contributed by atoms with Gasteiger partial charge in [0.15, 0.2) is 6.61 Å². The van der Waals surface area contributed by atoms with Gasteiger partial charge in [0.2, 0.25) is 0 Å². The fraction of sp³-hybridized carbons (Fsp3) is 0.300. The second-order valence-corrected chi connectivity index (χ2v) is 6.17. The van der Waals surface area contributed by atoms with Gasteiger partial charge in [-0.1, -0.05) is 6.07 Å². The molecule has 0 unspecified atom stereocenters. The molecule has 3 rings (SSSR count). The first-order chi connectivity index (χ1) is 12.2. The van der Waals surface area contributed by atoms with Crippen molar-refractivity contribution in [1.29, 1.82) is 5.26 Å². The predicted octanol–water partition coefficient (Wildman–Crippen LogP) is 3.48. The number of nitriles is 1. The molecule has 5 nitrogen and oxygen atoms in total. The quantitative estimate of drug-likeness (QED) is 0.908. The highest BCUT2D eigenvalue weighted by Crippen LogP contribution is 2.25. The number of nitrogens with one attached hydrogen (secondary N) is 1. The number of hydrogen-bond donors (Lipinski definition) is 1. The summed E-state index contributed by atoms with van der Waals surface area (Å²) in [4.78, 5) is 14.5. The van der Waals surface area contributed by atoms with Gasteiger partial charge in [-0.2, -0.15) is 5.26 Å². The third-order valence-corrected chi connectivity index (χ3v) is 4.29. The Morgan fingerprint density at radius 1 is 1.24 bits per heavy atom. The van der Waals surface area contributed by atoms with Gasteiger partial charge in [0.1, 0.15) is 5.75 Å². The SMILES string of the molecule is Cc1cc(N2CCCC2)ccc1NC(=O)COc1cccc(C#N)c1. The second-order valence-electron chi connectivity index (χ2n) is 6.17. The van der Waals surface area contributed by atoms with Crippen molar-refractivity contribution in [2.24, 2.45) is 0 Å². The molecule has 0 radical (unpaired) electrons. The van der Waals surface area contributed by atoms with Crippen LogP contribution in [-0.2, 0) is 4.79 Å². The minimum Gasteiger partial charge on any atom is -0.484 e. The maximum atomic E-state index is 12.1. The predicted molar refractivity (Wildman–Crippen MR) is 97.9 cm³/mol. The number of nitrogens with zero attached hydrogens (tertiary/aromatic N) is 2. The largest absolute Gasteiger partial charge is 0.484 e. The summed E-state index contributed by atoms with van der Waals surface area (Å²) in [7, 11) is 0. The van der Waals surface area contributed by atoms with Crippen LogP contribution in [0.1, 0.15) is 24.0 Å². The van der Waals surface area contributed by atoms with Gasteiger partial charge in [-0.05, 0) is 61.7 Å². The molecule has 1 fully saturated rings. The number of ether oxygens (including phenoxy) is 1. The molecule has 0 aliphatic carbocycles. The average molecular weight is 335 g/mol. The number of amides is 1. The van der Waals surface area contributed by atoms with E-state index in [0.29, 0.717) is 11.3 Å². The number of benzene rings is 2. The number of carbonyl (C=O) groups excluding carboxylic acids is 1. The van der Waals surface area contributed by atoms with E-state index in [9.17, 15) is 4.79 Å². The first kappa shape index (κ1) is 16.8. The van der Waals surface area contributed by atoms with Crippen molar-refractivity contribution in [2.45, 2.75) is 19.8 Å². The zero-order valence-electron chi connectivity index (χ0n) is 14.3. The van der Waals surface area contributed by atoms with E-state index in [1.807, 2.05) is 25.1 Å². The Balaban J connectivity index is 1.58. The molecule has 128 valence electrons. The Labute approximate surface area is 147 Å². The van der Waals surface area contributed by atoms with E-state index in [4.69, 9.17) is 10.00 Å². The molecular weight excluding hydrogens is 314 g/mol. The molecule has 0 saturated carbocycles. The summed E-state index contributed by atoms with van der Waals surface area (Å²) in [6.07, 6.45) is 2.48. The van der Waals surface area contributed by atoms with E-state index in [1.54, 1.807) is 24.3 Å². The molecule has 0 spiro atoms. The summed E-state index contributed by atoms with van der Waals surface area (Å²) in [5.74, 6) is 0.287. The van der Waals surface area contributed by atoms with Gasteiger partial charge < -0.3 is 15.0 Å². The van der Waals surface area contributed by atoms with Crippen molar-refractivity contribution in [1.82, 2.24) is 0 Å². The van der Waals surface area contributed by atoms with Crippen LogP contribution in [0, 0.1) is 18.3 Å². The summed E-state index contributed by atoms with van der Waals surface area (Å²) < 4.78 is 5.46. The molecule has 5 heteroatoms. The molecule has 2 aromatic rings. The Morgan fingerprint density at radius 2 is 2.04 bits per heavy atom. The third kappa shape index (κ3) is 4.30. The van der Waals surface area contributed by atoms with Gasteiger partial charge in [-0.15, -0.1) is 0 Å². The average Bonchev–Trinajstić information content (AvgIpc) is 3.16. The molecule has 0 bridgehead atoms. The highest BCUT2D eigenvalue weighted by Gasteiger charge is 2.13.